The van der Waals surface area contributed by atoms with Gasteiger partial charge in [-0.2, -0.15) is 4.31 Å². The SMILES string of the molecule is CCCNc1ccc(S(=O)(=O)N(CC)CC)cc1NS(=O)(=O)c1ccc(CCC(=O)O)cc1. The van der Waals surface area contributed by atoms with E-state index >= 15 is 0 Å². The van der Waals surface area contributed by atoms with E-state index in [1.165, 1.54) is 28.6 Å². The van der Waals surface area contributed by atoms with E-state index in [1.807, 2.05) is 6.92 Å². The summed E-state index contributed by atoms with van der Waals surface area (Å²) in [6.07, 6.45) is 1.04. The summed E-state index contributed by atoms with van der Waals surface area (Å²) in [6, 6.07) is 10.3. The lowest BCUT2D eigenvalue weighted by Gasteiger charge is -2.20. The predicted octanol–water partition coefficient (Wildman–Crippen LogP) is 3.36. The highest BCUT2D eigenvalue weighted by molar-refractivity contribution is 7.92. The van der Waals surface area contributed by atoms with E-state index in [9.17, 15) is 21.6 Å². The van der Waals surface area contributed by atoms with Gasteiger partial charge in [0.25, 0.3) is 10.0 Å². The number of rotatable bonds is 13. The zero-order chi connectivity index (χ0) is 24.6. The largest absolute Gasteiger partial charge is 0.481 e. The van der Waals surface area contributed by atoms with Crippen molar-refractivity contribution in [2.24, 2.45) is 0 Å². The van der Waals surface area contributed by atoms with Crippen molar-refractivity contribution >= 4 is 37.4 Å². The molecule has 9 nitrogen and oxygen atoms in total. The Balaban J connectivity index is 2.41. The van der Waals surface area contributed by atoms with Gasteiger partial charge in [-0.25, -0.2) is 16.8 Å². The molecular formula is C22H31N3O6S2. The topological polar surface area (TPSA) is 133 Å². The first-order valence-corrected chi connectivity index (χ1v) is 13.7. The lowest BCUT2D eigenvalue weighted by atomic mass is 10.1. The number of nitrogens with one attached hydrogen (secondary N) is 2. The molecule has 0 unspecified atom stereocenters. The van der Waals surface area contributed by atoms with Gasteiger partial charge in [0.15, 0.2) is 0 Å². The van der Waals surface area contributed by atoms with Crippen LogP contribution in [0, 0.1) is 0 Å². The first kappa shape index (κ1) is 26.6. The van der Waals surface area contributed by atoms with Crippen molar-refractivity contribution in [1.29, 1.82) is 0 Å². The van der Waals surface area contributed by atoms with Gasteiger partial charge in [-0.15, -0.1) is 0 Å². The molecule has 0 radical (unpaired) electrons. The number of hydrogen-bond acceptors (Lipinski definition) is 6. The van der Waals surface area contributed by atoms with Gasteiger partial charge in [-0.3, -0.25) is 9.52 Å². The van der Waals surface area contributed by atoms with Crippen LogP contribution in [-0.4, -0.2) is 51.9 Å². The van der Waals surface area contributed by atoms with E-state index in [-0.39, 0.29) is 21.9 Å². The van der Waals surface area contributed by atoms with E-state index in [0.29, 0.717) is 37.3 Å². The number of aliphatic carboxylic acids is 1. The lowest BCUT2D eigenvalue weighted by Crippen LogP contribution is -2.30. The summed E-state index contributed by atoms with van der Waals surface area (Å²) in [5.41, 5.74) is 1.30. The van der Waals surface area contributed by atoms with Gasteiger partial charge in [-0.05, 0) is 48.7 Å². The quantitative estimate of drug-likeness (QED) is 0.386. The lowest BCUT2D eigenvalue weighted by molar-refractivity contribution is -0.136. The molecule has 0 heterocycles. The Bertz CT molecular complexity index is 1160. The Kier molecular flexibility index (Phi) is 9.26. The molecule has 0 aliphatic heterocycles. The summed E-state index contributed by atoms with van der Waals surface area (Å²) in [5.74, 6) is -0.931. The zero-order valence-electron chi connectivity index (χ0n) is 19.0. The van der Waals surface area contributed by atoms with Crippen LogP contribution in [0.2, 0.25) is 0 Å². The first-order chi connectivity index (χ1) is 15.5. The molecular weight excluding hydrogens is 466 g/mol. The predicted molar refractivity (Wildman–Crippen MR) is 129 cm³/mol. The third kappa shape index (κ3) is 6.92. The number of nitrogens with zero attached hydrogens (tertiary/aromatic N) is 1. The van der Waals surface area contributed by atoms with E-state index < -0.39 is 26.0 Å². The maximum absolute atomic E-state index is 13.0. The van der Waals surface area contributed by atoms with Crippen LogP contribution >= 0.6 is 0 Å². The highest BCUT2D eigenvalue weighted by Gasteiger charge is 2.24. The number of carboxylic acids is 1. The molecule has 2 aromatic rings. The van der Waals surface area contributed by atoms with Crippen molar-refractivity contribution in [1.82, 2.24) is 4.31 Å². The number of carbonyl (C=O) groups is 1. The minimum absolute atomic E-state index is 0.00466. The second kappa shape index (κ2) is 11.5. The van der Waals surface area contributed by atoms with Crippen LogP contribution in [0.1, 0.15) is 39.2 Å². The Morgan fingerprint density at radius 1 is 0.909 bits per heavy atom. The van der Waals surface area contributed by atoms with Gasteiger partial charge >= 0.3 is 5.97 Å². The van der Waals surface area contributed by atoms with Gasteiger partial charge in [0.2, 0.25) is 10.0 Å². The Morgan fingerprint density at radius 2 is 1.52 bits per heavy atom. The van der Waals surface area contributed by atoms with Crippen LogP contribution in [0.3, 0.4) is 0 Å². The molecule has 0 atom stereocenters. The molecule has 2 aromatic carbocycles. The summed E-state index contributed by atoms with van der Waals surface area (Å²) in [4.78, 5) is 10.7. The first-order valence-electron chi connectivity index (χ1n) is 10.8. The number of hydrogen-bond donors (Lipinski definition) is 3. The molecule has 33 heavy (non-hydrogen) atoms. The molecule has 0 bridgehead atoms. The fraction of sp³-hybridized carbons (Fsp3) is 0.409. The van der Waals surface area contributed by atoms with E-state index in [1.54, 1.807) is 32.0 Å². The monoisotopic (exact) mass is 497 g/mol. The number of sulfonamides is 2. The second-order valence-corrected chi connectivity index (χ2v) is 11.0. The molecule has 0 saturated carbocycles. The zero-order valence-corrected chi connectivity index (χ0v) is 20.7. The normalized spacial score (nSPS) is 12.0. The van der Waals surface area contributed by atoms with Crippen LogP contribution in [-0.2, 0) is 31.3 Å². The summed E-state index contributed by atoms with van der Waals surface area (Å²) < 4.78 is 55.7. The van der Waals surface area contributed by atoms with E-state index in [0.717, 1.165) is 6.42 Å². The van der Waals surface area contributed by atoms with Crippen LogP contribution < -0.4 is 10.0 Å². The number of benzene rings is 2. The van der Waals surface area contributed by atoms with Crippen LogP contribution in [0.25, 0.3) is 0 Å². The molecule has 3 N–H and O–H groups in total. The molecule has 0 aliphatic carbocycles. The highest BCUT2D eigenvalue weighted by Crippen LogP contribution is 2.29. The average molecular weight is 498 g/mol. The minimum atomic E-state index is -4.02. The van der Waals surface area contributed by atoms with Crippen LogP contribution in [0.4, 0.5) is 11.4 Å². The van der Waals surface area contributed by atoms with E-state index in [4.69, 9.17) is 5.11 Å². The smallest absolute Gasteiger partial charge is 0.303 e. The van der Waals surface area contributed by atoms with Crippen molar-refractivity contribution < 1.29 is 26.7 Å². The summed E-state index contributed by atoms with van der Waals surface area (Å²) in [7, 11) is -7.79. The van der Waals surface area contributed by atoms with Gasteiger partial charge in [0.05, 0.1) is 21.2 Å². The average Bonchev–Trinajstić information content (AvgIpc) is 2.77. The van der Waals surface area contributed by atoms with Gasteiger partial charge < -0.3 is 10.4 Å². The fourth-order valence-corrected chi connectivity index (χ4v) is 5.74. The van der Waals surface area contributed by atoms with Crippen molar-refractivity contribution in [3.63, 3.8) is 0 Å². The Morgan fingerprint density at radius 3 is 2.06 bits per heavy atom. The van der Waals surface area contributed by atoms with Crippen molar-refractivity contribution in [3.8, 4) is 0 Å². The third-order valence-corrected chi connectivity index (χ3v) is 8.43. The molecule has 0 aromatic heterocycles. The minimum Gasteiger partial charge on any atom is -0.481 e. The number of anilines is 2. The van der Waals surface area contributed by atoms with Crippen LogP contribution in [0.5, 0.6) is 0 Å². The molecule has 2 rings (SSSR count). The van der Waals surface area contributed by atoms with Crippen LogP contribution in [0.15, 0.2) is 52.3 Å². The number of aryl methyl sites for hydroxylation is 1. The maximum Gasteiger partial charge on any atom is 0.303 e. The van der Waals surface area contributed by atoms with Crippen molar-refractivity contribution in [2.75, 3.05) is 29.7 Å². The molecule has 0 spiro atoms. The molecule has 0 aliphatic rings. The van der Waals surface area contributed by atoms with Crippen molar-refractivity contribution in [3.05, 3.63) is 48.0 Å². The third-order valence-electron chi connectivity index (χ3n) is 5.01. The molecule has 182 valence electrons. The highest BCUT2D eigenvalue weighted by atomic mass is 32.2. The summed E-state index contributed by atoms with van der Waals surface area (Å²) in [5, 5.41) is 11.9. The van der Waals surface area contributed by atoms with E-state index in [2.05, 4.69) is 10.0 Å². The Hall–Kier alpha value is -2.63. The molecule has 0 fully saturated rings. The molecule has 0 saturated heterocycles. The summed E-state index contributed by atoms with van der Waals surface area (Å²) in [6.45, 7) is 6.61. The van der Waals surface area contributed by atoms with Gasteiger partial charge in [-0.1, -0.05) is 32.9 Å². The maximum atomic E-state index is 13.0. The van der Waals surface area contributed by atoms with Gasteiger partial charge in [0, 0.05) is 26.1 Å². The molecule has 0 amide bonds. The summed E-state index contributed by atoms with van der Waals surface area (Å²) >= 11 is 0. The van der Waals surface area contributed by atoms with Crippen molar-refractivity contribution in [2.45, 2.75) is 49.8 Å². The Labute approximate surface area is 195 Å². The number of carboxylic acid groups (broad SMARTS) is 1. The second-order valence-electron chi connectivity index (χ2n) is 7.37. The van der Waals surface area contributed by atoms with Gasteiger partial charge in [0.1, 0.15) is 0 Å². The fourth-order valence-electron chi connectivity index (χ4n) is 3.18. The standard InChI is InChI=1S/C22H31N3O6S2/c1-4-15-23-20-13-12-19(33(30,31)25(5-2)6-3)16-21(20)24-32(28,29)18-10-7-17(8-11-18)9-14-22(26)27/h7-8,10-13,16,23-24H,4-6,9,14-15H2,1-3H3,(H,26,27). The molecule has 11 heteroatoms.